The Bertz CT molecular complexity index is 769. The number of aromatic nitrogens is 1. The first-order valence-electron chi connectivity index (χ1n) is 6.10. The summed E-state index contributed by atoms with van der Waals surface area (Å²) in [5.41, 5.74) is 1.84. The van der Waals surface area contributed by atoms with Crippen LogP contribution in [0.25, 0.3) is 22.0 Å². The zero-order chi connectivity index (χ0) is 14.1. The summed E-state index contributed by atoms with van der Waals surface area (Å²) in [6.07, 6.45) is 1.78. The summed E-state index contributed by atoms with van der Waals surface area (Å²) >= 11 is 3.50. The van der Waals surface area contributed by atoms with Crippen LogP contribution in [0.4, 0.5) is 0 Å². The molecule has 0 aliphatic carbocycles. The summed E-state index contributed by atoms with van der Waals surface area (Å²) in [6, 6.07) is 13.0. The van der Waals surface area contributed by atoms with Gasteiger partial charge in [0, 0.05) is 17.1 Å². The first-order valence-corrected chi connectivity index (χ1v) is 6.90. The van der Waals surface area contributed by atoms with E-state index in [1.54, 1.807) is 25.4 Å². The molecular weight excluding hydrogens is 318 g/mol. The van der Waals surface area contributed by atoms with Crippen LogP contribution < -0.4 is 4.74 Å². The molecule has 0 bridgehead atoms. The van der Waals surface area contributed by atoms with Crippen molar-refractivity contribution in [2.45, 2.75) is 0 Å². The van der Waals surface area contributed by atoms with Crippen LogP contribution in [-0.4, -0.2) is 17.2 Å². The molecule has 0 aliphatic rings. The topological polar surface area (TPSA) is 42.4 Å². The molecule has 0 atom stereocenters. The van der Waals surface area contributed by atoms with Gasteiger partial charge < -0.3 is 9.84 Å². The third-order valence-electron chi connectivity index (χ3n) is 3.18. The summed E-state index contributed by atoms with van der Waals surface area (Å²) < 4.78 is 6.20. The highest BCUT2D eigenvalue weighted by atomic mass is 79.9. The number of methoxy groups -OCH3 is 1. The van der Waals surface area contributed by atoms with Gasteiger partial charge in [-0.2, -0.15) is 0 Å². The molecule has 4 heteroatoms. The van der Waals surface area contributed by atoms with Crippen molar-refractivity contribution in [2.75, 3.05) is 7.11 Å². The highest BCUT2D eigenvalue weighted by molar-refractivity contribution is 9.10. The largest absolute Gasteiger partial charge is 0.508 e. The lowest BCUT2D eigenvalue weighted by atomic mass is 10.0. The van der Waals surface area contributed by atoms with Crippen molar-refractivity contribution < 1.29 is 9.84 Å². The fourth-order valence-electron chi connectivity index (χ4n) is 2.18. The van der Waals surface area contributed by atoms with E-state index in [0.717, 1.165) is 32.3 Å². The second-order valence-corrected chi connectivity index (χ2v) is 5.27. The van der Waals surface area contributed by atoms with Gasteiger partial charge in [0.25, 0.3) is 0 Å². The Labute approximate surface area is 125 Å². The third-order valence-corrected chi connectivity index (χ3v) is 3.80. The van der Waals surface area contributed by atoms with E-state index >= 15 is 0 Å². The quantitative estimate of drug-likeness (QED) is 0.758. The van der Waals surface area contributed by atoms with Gasteiger partial charge in [0.15, 0.2) is 0 Å². The number of ether oxygens (including phenoxy) is 1. The number of fused-ring (bicyclic) bond motifs is 1. The second kappa shape index (κ2) is 5.13. The maximum Gasteiger partial charge on any atom is 0.133 e. The Morgan fingerprint density at radius 2 is 1.85 bits per heavy atom. The number of pyridine rings is 1. The highest BCUT2D eigenvalue weighted by Crippen LogP contribution is 2.34. The zero-order valence-corrected chi connectivity index (χ0v) is 12.4. The maximum atomic E-state index is 9.38. The molecule has 0 amide bonds. The Morgan fingerprint density at radius 3 is 2.55 bits per heavy atom. The van der Waals surface area contributed by atoms with Gasteiger partial charge >= 0.3 is 0 Å². The number of phenolic OH excluding ortho intramolecular Hbond substituents is 1. The highest BCUT2D eigenvalue weighted by Gasteiger charge is 2.09. The molecule has 1 aromatic heterocycles. The molecule has 1 heterocycles. The summed E-state index contributed by atoms with van der Waals surface area (Å²) in [6.45, 7) is 0. The number of benzene rings is 2. The van der Waals surface area contributed by atoms with E-state index in [4.69, 9.17) is 4.74 Å². The summed E-state index contributed by atoms with van der Waals surface area (Å²) in [5, 5.41) is 11.5. The normalized spacial score (nSPS) is 10.7. The number of hydrogen-bond donors (Lipinski definition) is 1. The smallest absolute Gasteiger partial charge is 0.133 e. The molecule has 20 heavy (non-hydrogen) atoms. The monoisotopic (exact) mass is 329 g/mol. The SMILES string of the molecule is COc1cc2ccnc(-c3ccc(O)cc3)c2cc1Br. The van der Waals surface area contributed by atoms with Gasteiger partial charge in [-0.15, -0.1) is 0 Å². The summed E-state index contributed by atoms with van der Waals surface area (Å²) in [5.74, 6) is 1.04. The lowest BCUT2D eigenvalue weighted by Gasteiger charge is -2.09. The molecular formula is C16H12BrNO2. The minimum absolute atomic E-state index is 0.247. The Balaban J connectivity index is 2.26. The van der Waals surface area contributed by atoms with E-state index < -0.39 is 0 Å². The molecule has 0 saturated heterocycles. The van der Waals surface area contributed by atoms with Crippen LogP contribution in [0.2, 0.25) is 0 Å². The van der Waals surface area contributed by atoms with Crippen LogP contribution in [0.5, 0.6) is 11.5 Å². The van der Waals surface area contributed by atoms with Crippen molar-refractivity contribution >= 4 is 26.7 Å². The number of rotatable bonds is 2. The minimum Gasteiger partial charge on any atom is -0.508 e. The van der Waals surface area contributed by atoms with E-state index in [-0.39, 0.29) is 5.75 Å². The van der Waals surface area contributed by atoms with Crippen molar-refractivity contribution in [3.05, 3.63) is 53.1 Å². The fraction of sp³-hybridized carbons (Fsp3) is 0.0625. The van der Waals surface area contributed by atoms with Gasteiger partial charge in [-0.3, -0.25) is 4.98 Å². The molecule has 0 aliphatic heterocycles. The van der Waals surface area contributed by atoms with Gasteiger partial charge in [-0.05, 0) is 63.8 Å². The molecule has 3 rings (SSSR count). The first-order chi connectivity index (χ1) is 9.69. The maximum absolute atomic E-state index is 9.38. The average molecular weight is 330 g/mol. The lowest BCUT2D eigenvalue weighted by molar-refractivity contribution is 0.413. The fourth-order valence-corrected chi connectivity index (χ4v) is 2.68. The van der Waals surface area contributed by atoms with Crippen molar-refractivity contribution in [3.8, 4) is 22.8 Å². The van der Waals surface area contributed by atoms with Crippen molar-refractivity contribution in [1.29, 1.82) is 0 Å². The molecule has 3 aromatic rings. The standard InChI is InChI=1S/C16H12BrNO2/c1-20-15-8-11-6-7-18-16(13(11)9-14(15)17)10-2-4-12(19)5-3-10/h2-9,19H,1H3. The van der Waals surface area contributed by atoms with Gasteiger partial charge in [-0.25, -0.2) is 0 Å². The molecule has 0 spiro atoms. The van der Waals surface area contributed by atoms with Crippen LogP contribution in [0, 0.1) is 0 Å². The predicted octanol–water partition coefficient (Wildman–Crippen LogP) is 4.38. The van der Waals surface area contributed by atoms with Crippen LogP contribution in [0.1, 0.15) is 0 Å². The van der Waals surface area contributed by atoms with Gasteiger partial charge in [0.1, 0.15) is 11.5 Å². The van der Waals surface area contributed by atoms with Gasteiger partial charge in [0.05, 0.1) is 17.3 Å². The zero-order valence-electron chi connectivity index (χ0n) is 10.8. The Morgan fingerprint density at radius 1 is 1.10 bits per heavy atom. The van der Waals surface area contributed by atoms with E-state index in [2.05, 4.69) is 20.9 Å². The lowest BCUT2D eigenvalue weighted by Crippen LogP contribution is -1.89. The minimum atomic E-state index is 0.247. The third kappa shape index (κ3) is 2.23. The van der Waals surface area contributed by atoms with Crippen LogP contribution in [0.3, 0.4) is 0 Å². The van der Waals surface area contributed by atoms with Gasteiger partial charge in [-0.1, -0.05) is 0 Å². The van der Waals surface area contributed by atoms with E-state index in [9.17, 15) is 5.11 Å². The Kier molecular flexibility index (Phi) is 3.32. The van der Waals surface area contributed by atoms with Gasteiger partial charge in [0.2, 0.25) is 0 Å². The number of phenols is 1. The van der Waals surface area contributed by atoms with Crippen LogP contribution >= 0.6 is 15.9 Å². The van der Waals surface area contributed by atoms with Crippen LogP contribution in [-0.2, 0) is 0 Å². The molecule has 0 unspecified atom stereocenters. The average Bonchev–Trinajstić information content (AvgIpc) is 2.47. The summed E-state index contributed by atoms with van der Waals surface area (Å²) in [4.78, 5) is 4.46. The number of aromatic hydroxyl groups is 1. The Hall–Kier alpha value is -2.07. The van der Waals surface area contributed by atoms with E-state index in [0.29, 0.717) is 0 Å². The van der Waals surface area contributed by atoms with Crippen LogP contribution in [0.15, 0.2) is 53.1 Å². The van der Waals surface area contributed by atoms with Crippen molar-refractivity contribution in [2.24, 2.45) is 0 Å². The molecule has 3 nitrogen and oxygen atoms in total. The molecule has 1 N–H and O–H groups in total. The second-order valence-electron chi connectivity index (χ2n) is 4.41. The first kappa shape index (κ1) is 12.9. The van der Waals surface area contributed by atoms with E-state index in [1.807, 2.05) is 30.3 Å². The van der Waals surface area contributed by atoms with Crippen molar-refractivity contribution in [3.63, 3.8) is 0 Å². The number of hydrogen-bond acceptors (Lipinski definition) is 3. The molecule has 2 aromatic carbocycles. The molecule has 0 saturated carbocycles. The molecule has 100 valence electrons. The summed E-state index contributed by atoms with van der Waals surface area (Å²) in [7, 11) is 1.65. The van der Waals surface area contributed by atoms with E-state index in [1.165, 1.54) is 0 Å². The predicted molar refractivity (Wildman–Crippen MR) is 83.1 cm³/mol. The van der Waals surface area contributed by atoms with Crippen molar-refractivity contribution in [1.82, 2.24) is 4.98 Å². The molecule has 0 fully saturated rings. The number of nitrogens with zero attached hydrogens (tertiary/aromatic N) is 1. The molecule has 0 radical (unpaired) electrons. The number of halogens is 1.